The van der Waals surface area contributed by atoms with Crippen molar-refractivity contribution in [1.82, 2.24) is 19.3 Å². The second-order valence-electron chi connectivity index (χ2n) is 7.06. The molecule has 2 aromatic carbocycles. The van der Waals surface area contributed by atoms with Crippen LogP contribution in [-0.4, -0.2) is 43.3 Å². The average Bonchev–Trinajstić information content (AvgIpc) is 3.20. The predicted octanol–water partition coefficient (Wildman–Crippen LogP) is 3.14. The van der Waals surface area contributed by atoms with Gasteiger partial charge in [0.25, 0.3) is 5.91 Å². The van der Waals surface area contributed by atoms with Crippen LogP contribution in [0, 0.1) is 6.92 Å². The Labute approximate surface area is 159 Å². The molecule has 7 heteroatoms. The highest BCUT2D eigenvalue weighted by molar-refractivity contribution is 5.99. The van der Waals surface area contributed by atoms with Gasteiger partial charge in [0, 0.05) is 36.6 Å². The molecular formula is C21H16N4O3. The number of aromatic carboxylic acids is 1. The lowest BCUT2D eigenvalue weighted by Crippen LogP contribution is -2.17. The van der Waals surface area contributed by atoms with Gasteiger partial charge in [0.2, 0.25) is 0 Å². The Morgan fingerprint density at radius 1 is 1.18 bits per heavy atom. The number of amides is 1. The Hall–Kier alpha value is -3.74. The summed E-state index contributed by atoms with van der Waals surface area (Å²) in [4.78, 5) is 34.5. The quantitative estimate of drug-likeness (QED) is 0.584. The summed E-state index contributed by atoms with van der Waals surface area (Å²) < 4.78 is 1.98. The van der Waals surface area contributed by atoms with Gasteiger partial charge in [-0.05, 0) is 42.8 Å². The van der Waals surface area contributed by atoms with E-state index in [2.05, 4.69) is 4.98 Å². The number of carboxylic acid groups (broad SMARTS) is 1. The molecule has 28 heavy (non-hydrogen) atoms. The number of benzene rings is 2. The molecule has 0 spiro atoms. The van der Waals surface area contributed by atoms with E-state index in [1.54, 1.807) is 36.3 Å². The van der Waals surface area contributed by atoms with Crippen LogP contribution in [0.4, 0.5) is 0 Å². The van der Waals surface area contributed by atoms with Gasteiger partial charge in [-0.25, -0.2) is 14.8 Å². The highest BCUT2D eigenvalue weighted by Crippen LogP contribution is 2.31. The lowest BCUT2D eigenvalue weighted by Gasteiger charge is -2.10. The van der Waals surface area contributed by atoms with E-state index in [-0.39, 0.29) is 11.5 Å². The fourth-order valence-electron chi connectivity index (χ4n) is 3.82. The molecular weight excluding hydrogens is 356 g/mol. The largest absolute Gasteiger partial charge is 0.478 e. The summed E-state index contributed by atoms with van der Waals surface area (Å²) in [5, 5.41) is 9.33. The fraction of sp³-hybridized carbons (Fsp3) is 0.143. The Morgan fingerprint density at radius 3 is 2.79 bits per heavy atom. The molecule has 1 amide bonds. The van der Waals surface area contributed by atoms with E-state index in [1.807, 2.05) is 29.5 Å². The second kappa shape index (κ2) is 5.63. The third-order valence-electron chi connectivity index (χ3n) is 5.21. The van der Waals surface area contributed by atoms with Crippen LogP contribution in [0.5, 0.6) is 0 Å². The maximum atomic E-state index is 12.2. The number of rotatable bonds is 2. The summed E-state index contributed by atoms with van der Waals surface area (Å²) in [7, 11) is 1.78. The summed E-state index contributed by atoms with van der Waals surface area (Å²) in [5.41, 5.74) is 6.36. The van der Waals surface area contributed by atoms with Crippen molar-refractivity contribution in [2.45, 2.75) is 13.5 Å². The van der Waals surface area contributed by atoms with Crippen LogP contribution in [-0.2, 0) is 6.54 Å². The molecule has 5 rings (SSSR count). The molecule has 0 saturated carbocycles. The van der Waals surface area contributed by atoms with Gasteiger partial charge in [-0.2, -0.15) is 0 Å². The number of carboxylic acids is 1. The maximum absolute atomic E-state index is 12.2. The van der Waals surface area contributed by atoms with Gasteiger partial charge in [0.15, 0.2) is 5.65 Å². The van der Waals surface area contributed by atoms with Gasteiger partial charge in [0.05, 0.1) is 16.6 Å². The number of fused-ring (bicyclic) bond motifs is 4. The molecule has 0 atom stereocenters. The number of carbonyl (C=O) groups excluding carboxylic acids is 1. The van der Waals surface area contributed by atoms with Crippen LogP contribution in [0.2, 0.25) is 0 Å². The summed E-state index contributed by atoms with van der Waals surface area (Å²) in [6, 6.07) is 10.6. The molecule has 1 aliphatic rings. The number of imidazole rings is 1. The SMILES string of the molecule is Cc1cnc2c(-c3ccc4c(c3)CN(C)C4=O)nc3cc(C(=O)O)ccc3n12. The molecule has 2 aromatic heterocycles. The maximum Gasteiger partial charge on any atom is 0.335 e. The van der Waals surface area contributed by atoms with Gasteiger partial charge >= 0.3 is 5.97 Å². The van der Waals surface area contributed by atoms with Crippen molar-refractivity contribution in [2.75, 3.05) is 7.05 Å². The predicted molar refractivity (Wildman–Crippen MR) is 103 cm³/mol. The third-order valence-corrected chi connectivity index (χ3v) is 5.21. The molecule has 0 unspecified atom stereocenters. The first-order valence-electron chi connectivity index (χ1n) is 8.84. The van der Waals surface area contributed by atoms with E-state index in [0.717, 1.165) is 22.3 Å². The monoisotopic (exact) mass is 372 g/mol. The normalized spacial score (nSPS) is 13.5. The van der Waals surface area contributed by atoms with Gasteiger partial charge in [-0.15, -0.1) is 0 Å². The molecule has 0 bridgehead atoms. The fourth-order valence-corrected chi connectivity index (χ4v) is 3.82. The minimum absolute atomic E-state index is 0.0147. The van der Waals surface area contributed by atoms with E-state index in [4.69, 9.17) is 4.98 Å². The summed E-state index contributed by atoms with van der Waals surface area (Å²) in [6.45, 7) is 2.51. The van der Waals surface area contributed by atoms with Crippen molar-refractivity contribution >= 4 is 28.6 Å². The standard InChI is InChI=1S/C21H16N4O3/c1-11-9-22-19-18(12-3-5-15-14(7-12)10-24(2)20(15)26)23-16-8-13(21(27)28)4-6-17(16)25(11)19/h3-9H,10H2,1-2H3,(H,27,28). The Morgan fingerprint density at radius 2 is 2.00 bits per heavy atom. The average molecular weight is 372 g/mol. The molecule has 0 fully saturated rings. The van der Waals surface area contributed by atoms with Gasteiger partial charge in [0.1, 0.15) is 5.69 Å². The molecule has 0 radical (unpaired) electrons. The van der Waals surface area contributed by atoms with Crippen LogP contribution < -0.4 is 0 Å². The molecule has 1 aliphatic heterocycles. The molecule has 4 aromatic rings. The van der Waals surface area contributed by atoms with Crippen LogP contribution in [0.25, 0.3) is 27.9 Å². The lowest BCUT2D eigenvalue weighted by molar-refractivity contribution is 0.0696. The van der Waals surface area contributed by atoms with E-state index in [0.29, 0.717) is 29.0 Å². The lowest BCUT2D eigenvalue weighted by atomic mass is 10.0. The minimum Gasteiger partial charge on any atom is -0.478 e. The number of aryl methyl sites for hydroxylation is 1. The van der Waals surface area contributed by atoms with E-state index in [9.17, 15) is 14.7 Å². The first kappa shape index (κ1) is 16.4. The van der Waals surface area contributed by atoms with Crippen molar-refractivity contribution in [1.29, 1.82) is 0 Å². The highest BCUT2D eigenvalue weighted by Gasteiger charge is 2.25. The zero-order valence-electron chi connectivity index (χ0n) is 15.3. The van der Waals surface area contributed by atoms with Crippen LogP contribution in [0.15, 0.2) is 42.6 Å². The van der Waals surface area contributed by atoms with Crippen molar-refractivity contribution in [3.63, 3.8) is 0 Å². The Bertz CT molecular complexity index is 1320. The van der Waals surface area contributed by atoms with Crippen molar-refractivity contribution in [3.05, 3.63) is 65.0 Å². The van der Waals surface area contributed by atoms with E-state index < -0.39 is 5.97 Å². The minimum atomic E-state index is -0.994. The summed E-state index contributed by atoms with van der Waals surface area (Å²) >= 11 is 0. The zero-order chi connectivity index (χ0) is 19.6. The first-order valence-corrected chi connectivity index (χ1v) is 8.84. The highest BCUT2D eigenvalue weighted by atomic mass is 16.4. The van der Waals surface area contributed by atoms with Gasteiger partial charge < -0.3 is 10.0 Å². The van der Waals surface area contributed by atoms with E-state index in [1.165, 1.54) is 0 Å². The molecule has 0 saturated heterocycles. The Balaban J connectivity index is 1.80. The van der Waals surface area contributed by atoms with Crippen LogP contribution in [0.1, 0.15) is 32.0 Å². The third kappa shape index (κ3) is 2.22. The molecule has 138 valence electrons. The number of carbonyl (C=O) groups is 2. The first-order chi connectivity index (χ1) is 13.4. The molecule has 1 N–H and O–H groups in total. The number of aromatic nitrogens is 3. The van der Waals surface area contributed by atoms with Gasteiger partial charge in [-0.1, -0.05) is 6.07 Å². The zero-order valence-corrected chi connectivity index (χ0v) is 15.3. The van der Waals surface area contributed by atoms with Crippen molar-refractivity contribution in [2.24, 2.45) is 0 Å². The smallest absolute Gasteiger partial charge is 0.335 e. The number of hydrogen-bond acceptors (Lipinski definition) is 4. The molecule has 3 heterocycles. The number of nitrogens with zero attached hydrogens (tertiary/aromatic N) is 4. The van der Waals surface area contributed by atoms with Crippen LogP contribution >= 0.6 is 0 Å². The molecule has 7 nitrogen and oxygen atoms in total. The van der Waals surface area contributed by atoms with E-state index >= 15 is 0 Å². The number of hydrogen-bond donors (Lipinski definition) is 1. The van der Waals surface area contributed by atoms with Crippen molar-refractivity contribution in [3.8, 4) is 11.3 Å². The summed E-state index contributed by atoms with van der Waals surface area (Å²) in [5.74, 6) is -0.979. The van der Waals surface area contributed by atoms with Crippen molar-refractivity contribution < 1.29 is 14.7 Å². The molecule has 0 aliphatic carbocycles. The summed E-state index contributed by atoms with van der Waals surface area (Å²) in [6.07, 6.45) is 1.77. The second-order valence-corrected chi connectivity index (χ2v) is 7.06. The Kier molecular flexibility index (Phi) is 3.30. The van der Waals surface area contributed by atoms with Gasteiger partial charge in [-0.3, -0.25) is 9.20 Å². The van der Waals surface area contributed by atoms with Crippen LogP contribution in [0.3, 0.4) is 0 Å². The topological polar surface area (TPSA) is 87.8 Å².